The zero-order valence-corrected chi connectivity index (χ0v) is 19.7. The van der Waals surface area contributed by atoms with E-state index < -0.39 is 11.8 Å². The van der Waals surface area contributed by atoms with Crippen LogP contribution in [0.1, 0.15) is 75.1 Å². The number of carbonyl (C=O) groups excluding carboxylic acids is 1. The van der Waals surface area contributed by atoms with Crippen molar-refractivity contribution in [3.8, 4) is 0 Å². The lowest BCUT2D eigenvalue weighted by molar-refractivity contribution is -0.134. The van der Waals surface area contributed by atoms with Crippen molar-refractivity contribution in [2.24, 2.45) is 17.8 Å². The van der Waals surface area contributed by atoms with Crippen molar-refractivity contribution < 1.29 is 27.1 Å². The number of hydrogen-bond acceptors (Lipinski definition) is 4. The Balaban J connectivity index is 1.29. The fourth-order valence-electron chi connectivity index (χ4n) is 5.76. The summed E-state index contributed by atoms with van der Waals surface area (Å²) in [5.41, 5.74) is 2.29. The van der Waals surface area contributed by atoms with Gasteiger partial charge in [0, 0.05) is 45.3 Å². The lowest BCUT2D eigenvalue weighted by Crippen LogP contribution is -2.41. The van der Waals surface area contributed by atoms with Gasteiger partial charge >= 0.3 is 0 Å². The molecule has 0 bridgehead atoms. The molecule has 2 aromatic heterocycles. The van der Waals surface area contributed by atoms with Crippen LogP contribution in [0.2, 0.25) is 0 Å². The number of nitrogens with one attached hydrogen (secondary N) is 1. The Kier molecular flexibility index (Phi) is 6.76. The first-order chi connectivity index (χ1) is 16.7. The van der Waals surface area contributed by atoms with Crippen molar-refractivity contribution in [1.29, 1.82) is 0 Å². The molecule has 35 heavy (non-hydrogen) atoms. The van der Waals surface area contributed by atoms with E-state index in [0.29, 0.717) is 38.1 Å². The number of halogens is 4. The van der Waals surface area contributed by atoms with Gasteiger partial charge in [0.15, 0.2) is 5.65 Å². The third kappa shape index (κ3) is 5.95. The zero-order chi connectivity index (χ0) is 24.6. The smallest absolute Gasteiger partial charge is 0.248 e. The minimum Gasteiger partial charge on any atom is -0.381 e. The number of rotatable bonds is 7. The van der Waals surface area contributed by atoms with Crippen LogP contribution in [0.25, 0.3) is 5.65 Å². The summed E-state index contributed by atoms with van der Waals surface area (Å²) in [5, 5.41) is 7.59. The number of hydrogen-bond donors (Lipinski definition) is 1. The second kappa shape index (κ2) is 9.67. The van der Waals surface area contributed by atoms with Crippen LogP contribution in [0.3, 0.4) is 0 Å². The number of carbonyl (C=O) groups is 1. The van der Waals surface area contributed by atoms with Gasteiger partial charge in [0.25, 0.3) is 0 Å². The van der Waals surface area contributed by atoms with E-state index in [1.807, 2.05) is 12.3 Å². The predicted molar refractivity (Wildman–Crippen MR) is 120 cm³/mol. The van der Waals surface area contributed by atoms with Gasteiger partial charge in [-0.3, -0.25) is 4.79 Å². The fraction of sp³-hybridized carbons (Fsp3) is 0.720. The molecule has 2 saturated carbocycles. The minimum atomic E-state index is -2.64. The van der Waals surface area contributed by atoms with Gasteiger partial charge in [0.2, 0.25) is 17.8 Å². The molecule has 3 heterocycles. The van der Waals surface area contributed by atoms with Crippen molar-refractivity contribution in [2.75, 3.05) is 13.2 Å². The number of ether oxygens (including phenoxy) is 1. The third-order valence-corrected chi connectivity index (χ3v) is 7.79. The van der Waals surface area contributed by atoms with Crippen molar-refractivity contribution >= 4 is 11.6 Å². The largest absolute Gasteiger partial charge is 0.381 e. The normalized spacial score (nSPS) is 24.2. The van der Waals surface area contributed by atoms with Gasteiger partial charge < -0.3 is 10.1 Å². The fourth-order valence-corrected chi connectivity index (χ4v) is 5.76. The van der Waals surface area contributed by atoms with E-state index in [1.54, 1.807) is 10.7 Å². The standard InChI is InChI=1S/C25H32F4N4O2/c26-24(27)5-1-16(2-6-24)9-20-15-33-21(31-20)11-19(14-30-33)23(18-3-7-35-8-4-18)32-22(34)10-17-12-25(28,29)13-17/h11,14-18,23H,1-10,12-13H2,(H,32,34)/t23-/m1/s1. The Morgan fingerprint density at radius 2 is 1.80 bits per heavy atom. The van der Waals surface area contributed by atoms with Gasteiger partial charge in [-0.2, -0.15) is 5.10 Å². The molecule has 192 valence electrons. The molecule has 2 aliphatic carbocycles. The van der Waals surface area contributed by atoms with Crippen molar-refractivity contribution in [3.05, 3.63) is 29.7 Å². The predicted octanol–water partition coefficient (Wildman–Crippen LogP) is 5.12. The van der Waals surface area contributed by atoms with E-state index in [0.717, 1.165) is 24.1 Å². The van der Waals surface area contributed by atoms with E-state index in [2.05, 4.69) is 15.4 Å². The van der Waals surface area contributed by atoms with E-state index in [9.17, 15) is 22.4 Å². The molecule has 3 fully saturated rings. The highest BCUT2D eigenvalue weighted by Crippen LogP contribution is 2.44. The molecule has 6 nitrogen and oxygen atoms in total. The molecule has 1 amide bonds. The minimum absolute atomic E-state index is 0.0710. The molecule has 1 aliphatic heterocycles. The molecular weight excluding hydrogens is 464 g/mol. The summed E-state index contributed by atoms with van der Waals surface area (Å²) in [6.45, 7) is 1.21. The van der Waals surface area contributed by atoms with Gasteiger partial charge in [-0.25, -0.2) is 27.1 Å². The topological polar surface area (TPSA) is 68.5 Å². The first kappa shape index (κ1) is 24.5. The van der Waals surface area contributed by atoms with Crippen LogP contribution in [0.4, 0.5) is 17.6 Å². The summed E-state index contributed by atoms with van der Waals surface area (Å²) >= 11 is 0. The summed E-state index contributed by atoms with van der Waals surface area (Å²) in [6, 6.07) is 1.61. The molecule has 0 unspecified atom stereocenters. The Hall–Kier alpha value is -2.23. The van der Waals surface area contributed by atoms with Crippen LogP contribution < -0.4 is 5.32 Å². The Morgan fingerprint density at radius 1 is 1.09 bits per heavy atom. The number of aromatic nitrogens is 3. The zero-order valence-electron chi connectivity index (χ0n) is 19.7. The second-order valence-electron chi connectivity index (χ2n) is 10.7. The number of amides is 1. The number of alkyl halides is 4. The van der Waals surface area contributed by atoms with E-state index in [-0.39, 0.29) is 61.8 Å². The highest BCUT2D eigenvalue weighted by atomic mass is 19.3. The number of imidazole rings is 1. The number of nitrogens with zero attached hydrogens (tertiary/aromatic N) is 3. The molecule has 1 saturated heterocycles. The summed E-state index contributed by atoms with van der Waals surface area (Å²) in [6.07, 6.45) is 6.23. The second-order valence-corrected chi connectivity index (χ2v) is 10.7. The molecule has 0 aromatic carbocycles. The van der Waals surface area contributed by atoms with E-state index in [4.69, 9.17) is 4.74 Å². The molecular formula is C25H32F4N4O2. The van der Waals surface area contributed by atoms with Crippen LogP contribution in [0.15, 0.2) is 18.5 Å². The summed E-state index contributed by atoms with van der Waals surface area (Å²) in [7, 11) is 0. The first-order valence-corrected chi connectivity index (χ1v) is 12.6. The molecule has 0 radical (unpaired) electrons. The van der Waals surface area contributed by atoms with Gasteiger partial charge in [0.05, 0.1) is 24.1 Å². The molecule has 1 N–H and O–H groups in total. The maximum absolute atomic E-state index is 13.5. The van der Waals surface area contributed by atoms with E-state index >= 15 is 0 Å². The average molecular weight is 497 g/mol. The summed E-state index contributed by atoms with van der Waals surface area (Å²) in [5.74, 6) is -5.35. The Bertz CT molecular complexity index is 1040. The lowest BCUT2D eigenvalue weighted by atomic mass is 9.79. The van der Waals surface area contributed by atoms with Crippen molar-refractivity contribution in [2.45, 2.75) is 82.1 Å². The summed E-state index contributed by atoms with van der Waals surface area (Å²) in [4.78, 5) is 17.4. The van der Waals surface area contributed by atoms with Gasteiger partial charge in [0.1, 0.15) is 0 Å². The maximum Gasteiger partial charge on any atom is 0.248 e. The quantitative estimate of drug-likeness (QED) is 0.541. The molecule has 2 aromatic rings. The highest BCUT2D eigenvalue weighted by molar-refractivity contribution is 5.77. The molecule has 5 rings (SSSR count). The SMILES string of the molecule is O=C(CC1CC(F)(F)C1)N[C@@H](c1cnn2cc(CC3CCC(F)(F)CC3)nc2c1)C1CCOCC1. The molecule has 10 heteroatoms. The molecule has 1 atom stereocenters. The van der Waals surface area contributed by atoms with Gasteiger partial charge in [-0.15, -0.1) is 0 Å². The van der Waals surface area contributed by atoms with Gasteiger partial charge in [-0.05, 0) is 61.5 Å². The van der Waals surface area contributed by atoms with Crippen LogP contribution in [-0.4, -0.2) is 45.6 Å². The van der Waals surface area contributed by atoms with Crippen LogP contribution in [0, 0.1) is 17.8 Å². The Morgan fingerprint density at radius 3 is 2.49 bits per heavy atom. The van der Waals surface area contributed by atoms with Crippen LogP contribution in [-0.2, 0) is 16.0 Å². The van der Waals surface area contributed by atoms with E-state index in [1.165, 1.54) is 0 Å². The average Bonchev–Trinajstić information content (AvgIpc) is 3.20. The Labute approximate surface area is 201 Å². The van der Waals surface area contributed by atoms with Crippen molar-refractivity contribution in [3.63, 3.8) is 0 Å². The maximum atomic E-state index is 13.5. The highest BCUT2D eigenvalue weighted by Gasteiger charge is 2.46. The molecule has 3 aliphatic rings. The van der Waals surface area contributed by atoms with Crippen LogP contribution >= 0.6 is 0 Å². The monoisotopic (exact) mass is 496 g/mol. The molecule has 0 spiro atoms. The van der Waals surface area contributed by atoms with Gasteiger partial charge in [-0.1, -0.05) is 0 Å². The third-order valence-electron chi connectivity index (χ3n) is 7.79. The van der Waals surface area contributed by atoms with Crippen LogP contribution in [0.5, 0.6) is 0 Å². The summed E-state index contributed by atoms with van der Waals surface area (Å²) < 4.78 is 60.5. The lowest BCUT2D eigenvalue weighted by Gasteiger charge is -2.35. The first-order valence-electron chi connectivity index (χ1n) is 12.6. The van der Waals surface area contributed by atoms with Crippen molar-refractivity contribution in [1.82, 2.24) is 19.9 Å². The number of fused-ring (bicyclic) bond motifs is 1.